The summed E-state index contributed by atoms with van der Waals surface area (Å²) in [5.41, 5.74) is 4.01. The molecule has 0 aliphatic rings. The Morgan fingerprint density at radius 3 is 2.53 bits per heavy atom. The minimum Gasteiger partial charge on any atom is -0.312 e. The summed E-state index contributed by atoms with van der Waals surface area (Å²) >= 11 is 0. The number of aryl methyl sites for hydroxylation is 2. The van der Waals surface area contributed by atoms with Gasteiger partial charge in [-0.2, -0.15) is 0 Å². The van der Waals surface area contributed by atoms with Crippen molar-refractivity contribution in [3.63, 3.8) is 0 Å². The third-order valence-corrected chi connectivity index (χ3v) is 2.76. The maximum atomic E-state index is 3.30. The number of benzene rings is 1. The molecule has 1 atom stereocenters. The Labute approximate surface area is 92.9 Å². The normalized spacial score (nSPS) is 11.7. The Hall–Kier alpha value is -1.26. The van der Waals surface area contributed by atoms with Crippen LogP contribution in [0.5, 0.6) is 0 Å². The van der Waals surface area contributed by atoms with Gasteiger partial charge < -0.3 is 5.32 Å². The minimum absolute atomic E-state index is 0.344. The van der Waals surface area contributed by atoms with Crippen LogP contribution in [0.4, 0.5) is 0 Å². The molecule has 1 aromatic carbocycles. The molecule has 1 nitrogen and oxygen atoms in total. The van der Waals surface area contributed by atoms with Crippen molar-refractivity contribution in [2.24, 2.45) is 0 Å². The molecule has 1 unspecified atom stereocenters. The first-order valence-corrected chi connectivity index (χ1v) is 5.33. The third-order valence-electron chi connectivity index (χ3n) is 2.76. The number of hydrogen-bond acceptors (Lipinski definition) is 1. The van der Waals surface area contributed by atoms with Crippen molar-refractivity contribution >= 4 is 0 Å². The zero-order valence-electron chi connectivity index (χ0n) is 10.0. The van der Waals surface area contributed by atoms with Crippen molar-refractivity contribution in [2.45, 2.75) is 33.2 Å². The highest BCUT2D eigenvalue weighted by atomic mass is 14.9. The van der Waals surface area contributed by atoms with Gasteiger partial charge in [-0.15, -0.1) is 11.8 Å². The molecule has 1 rings (SSSR count). The maximum absolute atomic E-state index is 3.30. The molecule has 0 saturated heterocycles. The lowest BCUT2D eigenvalue weighted by Crippen LogP contribution is -2.15. The summed E-state index contributed by atoms with van der Waals surface area (Å²) in [5.74, 6) is 6.06. The molecule has 0 bridgehead atoms. The fraction of sp³-hybridized carbons (Fsp3) is 0.429. The fourth-order valence-corrected chi connectivity index (χ4v) is 1.57. The molecule has 0 aliphatic carbocycles. The molecule has 0 heterocycles. The van der Waals surface area contributed by atoms with Crippen molar-refractivity contribution in [3.8, 4) is 11.8 Å². The Bertz CT molecular complexity index is 382. The Balaban J connectivity index is 2.90. The molecule has 80 valence electrons. The van der Waals surface area contributed by atoms with E-state index in [0.29, 0.717) is 6.04 Å². The molecule has 0 saturated carbocycles. The fourth-order valence-electron chi connectivity index (χ4n) is 1.57. The zero-order valence-corrected chi connectivity index (χ0v) is 10.0. The molecule has 0 aromatic heterocycles. The highest BCUT2D eigenvalue weighted by Gasteiger charge is 2.07. The van der Waals surface area contributed by atoms with Crippen LogP contribution in [-0.2, 0) is 0 Å². The van der Waals surface area contributed by atoms with E-state index in [0.717, 1.165) is 6.42 Å². The summed E-state index contributed by atoms with van der Waals surface area (Å²) in [6.45, 7) is 6.17. The first kappa shape index (κ1) is 11.8. The topological polar surface area (TPSA) is 12.0 Å². The van der Waals surface area contributed by atoms with Gasteiger partial charge in [0.25, 0.3) is 0 Å². The van der Waals surface area contributed by atoms with Gasteiger partial charge in [0, 0.05) is 12.5 Å². The van der Waals surface area contributed by atoms with Crippen LogP contribution in [0.1, 0.15) is 36.1 Å². The summed E-state index contributed by atoms with van der Waals surface area (Å²) in [6.07, 6.45) is 0.871. The Morgan fingerprint density at radius 2 is 2.00 bits per heavy atom. The van der Waals surface area contributed by atoms with E-state index in [1.807, 2.05) is 14.0 Å². The second-order valence-corrected chi connectivity index (χ2v) is 3.82. The van der Waals surface area contributed by atoms with E-state index in [2.05, 4.69) is 49.2 Å². The Morgan fingerprint density at radius 1 is 1.27 bits per heavy atom. The standard InChI is InChI=1S/C14H19N/c1-5-6-7-14(15-4)13-9-8-11(2)12(3)10-13/h8-10,14-15H,7H2,1-4H3. The van der Waals surface area contributed by atoms with Crippen LogP contribution in [0.15, 0.2) is 18.2 Å². The second-order valence-electron chi connectivity index (χ2n) is 3.82. The van der Waals surface area contributed by atoms with Gasteiger partial charge in [-0.05, 0) is 44.5 Å². The molecular weight excluding hydrogens is 182 g/mol. The summed E-state index contributed by atoms with van der Waals surface area (Å²) in [4.78, 5) is 0. The molecule has 0 fully saturated rings. The summed E-state index contributed by atoms with van der Waals surface area (Å²) in [7, 11) is 1.98. The molecule has 1 heteroatoms. The number of rotatable bonds is 3. The van der Waals surface area contributed by atoms with Crippen LogP contribution in [-0.4, -0.2) is 7.05 Å². The number of nitrogens with one attached hydrogen (secondary N) is 1. The van der Waals surface area contributed by atoms with Crippen molar-refractivity contribution in [1.29, 1.82) is 0 Å². The smallest absolute Gasteiger partial charge is 0.0428 e. The highest BCUT2D eigenvalue weighted by molar-refractivity contribution is 5.32. The van der Waals surface area contributed by atoms with E-state index >= 15 is 0 Å². The molecule has 0 radical (unpaired) electrons. The van der Waals surface area contributed by atoms with E-state index < -0.39 is 0 Å². The van der Waals surface area contributed by atoms with Crippen LogP contribution < -0.4 is 5.32 Å². The number of hydrogen-bond donors (Lipinski definition) is 1. The molecular formula is C14H19N. The molecule has 0 spiro atoms. The van der Waals surface area contributed by atoms with Crippen LogP contribution >= 0.6 is 0 Å². The largest absolute Gasteiger partial charge is 0.312 e. The van der Waals surface area contributed by atoms with Gasteiger partial charge in [0.1, 0.15) is 0 Å². The van der Waals surface area contributed by atoms with Crippen LogP contribution in [0.25, 0.3) is 0 Å². The van der Waals surface area contributed by atoms with Crippen molar-refractivity contribution in [3.05, 3.63) is 34.9 Å². The monoisotopic (exact) mass is 201 g/mol. The molecule has 1 aromatic rings. The van der Waals surface area contributed by atoms with Crippen LogP contribution in [0.3, 0.4) is 0 Å². The van der Waals surface area contributed by atoms with Crippen molar-refractivity contribution in [2.75, 3.05) is 7.05 Å². The average Bonchev–Trinajstić information content (AvgIpc) is 2.24. The quantitative estimate of drug-likeness (QED) is 0.741. The van der Waals surface area contributed by atoms with Gasteiger partial charge in [0.2, 0.25) is 0 Å². The SMILES string of the molecule is CC#CCC(NC)c1ccc(C)c(C)c1. The molecule has 0 amide bonds. The van der Waals surface area contributed by atoms with Gasteiger partial charge in [0.05, 0.1) is 0 Å². The molecule has 1 N–H and O–H groups in total. The average molecular weight is 201 g/mol. The zero-order chi connectivity index (χ0) is 11.3. The van der Waals surface area contributed by atoms with E-state index in [1.54, 1.807) is 0 Å². The van der Waals surface area contributed by atoms with Crippen molar-refractivity contribution in [1.82, 2.24) is 5.32 Å². The molecule has 0 aliphatic heterocycles. The van der Waals surface area contributed by atoms with Crippen molar-refractivity contribution < 1.29 is 0 Å². The third kappa shape index (κ3) is 3.11. The van der Waals surface area contributed by atoms with Crippen LogP contribution in [0.2, 0.25) is 0 Å². The Kier molecular flexibility index (Phi) is 4.39. The van der Waals surface area contributed by atoms with Crippen LogP contribution in [0, 0.1) is 25.7 Å². The second kappa shape index (κ2) is 5.58. The van der Waals surface area contributed by atoms with Gasteiger partial charge in [0.15, 0.2) is 0 Å². The molecule has 15 heavy (non-hydrogen) atoms. The lowest BCUT2D eigenvalue weighted by Gasteiger charge is -2.15. The first-order chi connectivity index (χ1) is 7.19. The predicted octanol–water partition coefficient (Wildman–Crippen LogP) is 2.98. The maximum Gasteiger partial charge on any atom is 0.0428 e. The summed E-state index contributed by atoms with van der Waals surface area (Å²) in [5, 5.41) is 3.30. The summed E-state index contributed by atoms with van der Waals surface area (Å²) < 4.78 is 0. The van der Waals surface area contributed by atoms with E-state index in [9.17, 15) is 0 Å². The van der Waals surface area contributed by atoms with Gasteiger partial charge in [-0.3, -0.25) is 0 Å². The predicted molar refractivity (Wildman–Crippen MR) is 65.8 cm³/mol. The lowest BCUT2D eigenvalue weighted by atomic mass is 9.99. The van der Waals surface area contributed by atoms with Gasteiger partial charge in [-0.25, -0.2) is 0 Å². The first-order valence-electron chi connectivity index (χ1n) is 5.33. The van der Waals surface area contributed by atoms with Gasteiger partial charge >= 0.3 is 0 Å². The van der Waals surface area contributed by atoms with E-state index in [4.69, 9.17) is 0 Å². The summed E-state index contributed by atoms with van der Waals surface area (Å²) in [6, 6.07) is 6.94. The lowest BCUT2D eigenvalue weighted by molar-refractivity contribution is 0.611. The van der Waals surface area contributed by atoms with E-state index in [1.165, 1.54) is 16.7 Å². The minimum atomic E-state index is 0.344. The highest BCUT2D eigenvalue weighted by Crippen LogP contribution is 2.19. The van der Waals surface area contributed by atoms with E-state index in [-0.39, 0.29) is 0 Å². The van der Waals surface area contributed by atoms with Gasteiger partial charge in [-0.1, -0.05) is 18.2 Å².